The molecule has 0 aliphatic carbocycles. The lowest BCUT2D eigenvalue weighted by Crippen LogP contribution is -2.14. The molecule has 0 aliphatic rings. The van der Waals surface area contributed by atoms with Crippen LogP contribution in [0.2, 0.25) is 10.0 Å². The van der Waals surface area contributed by atoms with E-state index in [1.165, 1.54) is 0 Å². The summed E-state index contributed by atoms with van der Waals surface area (Å²) in [4.78, 5) is 19.6. The van der Waals surface area contributed by atoms with Gasteiger partial charge in [0.15, 0.2) is 0 Å². The first-order valence-electron chi connectivity index (χ1n) is 6.97. The first-order valence-corrected chi connectivity index (χ1v) is 7.72. The van der Waals surface area contributed by atoms with E-state index in [0.717, 1.165) is 5.39 Å². The van der Waals surface area contributed by atoms with Crippen molar-refractivity contribution in [2.75, 3.05) is 17.2 Å². The molecular weight excluding hydrogens is 351 g/mol. The topological polar surface area (TPSA) is 87.1 Å². The number of aliphatic carboxylic acids is 1. The van der Waals surface area contributed by atoms with Crippen LogP contribution in [0.1, 0.15) is 0 Å². The lowest BCUT2D eigenvalue weighted by Gasteiger charge is -2.11. The Morgan fingerprint density at radius 1 is 1.08 bits per heavy atom. The van der Waals surface area contributed by atoms with Gasteiger partial charge in [0.05, 0.1) is 5.52 Å². The zero-order valence-corrected chi connectivity index (χ0v) is 13.8. The maximum absolute atomic E-state index is 10.8. The highest BCUT2D eigenvalue weighted by Crippen LogP contribution is 2.26. The number of rotatable bonds is 5. The summed E-state index contributed by atoms with van der Waals surface area (Å²) >= 11 is 12.0. The molecule has 0 unspecified atom stereocenters. The fourth-order valence-electron chi connectivity index (χ4n) is 2.18. The molecule has 0 spiro atoms. The van der Waals surface area contributed by atoms with Gasteiger partial charge in [0.2, 0.25) is 5.95 Å². The molecule has 0 amide bonds. The molecule has 0 bridgehead atoms. The normalized spacial score (nSPS) is 10.6. The molecule has 122 valence electrons. The smallest absolute Gasteiger partial charge is 0.322 e. The van der Waals surface area contributed by atoms with Crippen molar-refractivity contribution in [3.63, 3.8) is 0 Å². The number of nitrogens with zero attached hydrogens (tertiary/aromatic N) is 2. The van der Waals surface area contributed by atoms with Crippen molar-refractivity contribution in [2.45, 2.75) is 0 Å². The van der Waals surface area contributed by atoms with Gasteiger partial charge in [0.25, 0.3) is 0 Å². The SMILES string of the molecule is O=C(O)CNc1nc(Nc2cc(Cl)cc(Cl)c2)nc2ccccc12. The van der Waals surface area contributed by atoms with Gasteiger partial charge in [-0.3, -0.25) is 4.79 Å². The number of carbonyl (C=O) groups is 1. The van der Waals surface area contributed by atoms with Crippen molar-refractivity contribution in [1.29, 1.82) is 0 Å². The van der Waals surface area contributed by atoms with Crippen molar-refractivity contribution < 1.29 is 9.90 Å². The molecule has 3 aromatic rings. The minimum Gasteiger partial charge on any atom is -0.480 e. The van der Waals surface area contributed by atoms with Crippen LogP contribution in [-0.4, -0.2) is 27.6 Å². The van der Waals surface area contributed by atoms with E-state index >= 15 is 0 Å². The highest BCUT2D eigenvalue weighted by atomic mass is 35.5. The fourth-order valence-corrected chi connectivity index (χ4v) is 2.71. The molecular formula is C16H12Cl2N4O2. The van der Waals surface area contributed by atoms with Crippen molar-refractivity contribution in [1.82, 2.24) is 9.97 Å². The van der Waals surface area contributed by atoms with Crippen LogP contribution in [0, 0.1) is 0 Å². The van der Waals surface area contributed by atoms with Crippen LogP contribution in [0.5, 0.6) is 0 Å². The Bertz CT molecular complexity index is 897. The van der Waals surface area contributed by atoms with E-state index in [-0.39, 0.29) is 6.54 Å². The second-order valence-electron chi connectivity index (χ2n) is 4.94. The molecule has 0 saturated carbocycles. The molecule has 0 atom stereocenters. The molecule has 24 heavy (non-hydrogen) atoms. The average Bonchev–Trinajstić information content (AvgIpc) is 2.51. The Kier molecular flexibility index (Phi) is 4.69. The number of hydrogen-bond donors (Lipinski definition) is 3. The van der Waals surface area contributed by atoms with Crippen molar-refractivity contribution in [3.05, 3.63) is 52.5 Å². The van der Waals surface area contributed by atoms with Crippen LogP contribution in [0.25, 0.3) is 10.9 Å². The monoisotopic (exact) mass is 362 g/mol. The molecule has 3 N–H and O–H groups in total. The molecule has 0 fully saturated rings. The van der Waals surface area contributed by atoms with E-state index in [1.54, 1.807) is 18.2 Å². The second kappa shape index (κ2) is 6.90. The minimum atomic E-state index is -0.978. The number of anilines is 3. The third-order valence-electron chi connectivity index (χ3n) is 3.13. The number of fused-ring (bicyclic) bond motifs is 1. The highest BCUT2D eigenvalue weighted by molar-refractivity contribution is 6.35. The maximum atomic E-state index is 10.8. The number of carboxylic acids is 1. The van der Waals surface area contributed by atoms with Crippen LogP contribution in [-0.2, 0) is 4.79 Å². The lowest BCUT2D eigenvalue weighted by atomic mass is 10.2. The lowest BCUT2D eigenvalue weighted by molar-refractivity contribution is -0.134. The fraction of sp³-hybridized carbons (Fsp3) is 0.0625. The second-order valence-corrected chi connectivity index (χ2v) is 5.82. The quantitative estimate of drug-likeness (QED) is 0.631. The predicted octanol–water partition coefficient (Wildman–Crippen LogP) is 4.18. The Morgan fingerprint density at radius 2 is 1.79 bits per heavy atom. The number of benzene rings is 2. The zero-order chi connectivity index (χ0) is 17.1. The van der Waals surface area contributed by atoms with Gasteiger partial charge in [-0.15, -0.1) is 0 Å². The van der Waals surface area contributed by atoms with Crippen LogP contribution in [0.4, 0.5) is 17.5 Å². The summed E-state index contributed by atoms with van der Waals surface area (Å²) in [5, 5.41) is 16.4. The summed E-state index contributed by atoms with van der Waals surface area (Å²) in [5.41, 5.74) is 1.31. The summed E-state index contributed by atoms with van der Waals surface area (Å²) in [5.74, 6) is -0.243. The van der Waals surface area contributed by atoms with E-state index in [1.807, 2.05) is 24.3 Å². The molecule has 1 heterocycles. The number of halogens is 2. The van der Waals surface area contributed by atoms with E-state index in [9.17, 15) is 4.79 Å². The molecule has 0 radical (unpaired) electrons. The van der Waals surface area contributed by atoms with E-state index in [0.29, 0.717) is 33.0 Å². The Morgan fingerprint density at radius 3 is 2.50 bits per heavy atom. The standard InChI is InChI=1S/C16H12Cl2N4O2/c17-9-5-10(18)7-11(6-9)20-16-21-13-4-2-1-3-12(13)15(22-16)19-8-14(23)24/h1-7H,8H2,(H,23,24)(H2,19,20,21,22). The minimum absolute atomic E-state index is 0.247. The molecule has 1 aromatic heterocycles. The van der Waals surface area contributed by atoms with Gasteiger partial charge in [-0.25, -0.2) is 4.98 Å². The third kappa shape index (κ3) is 3.84. The van der Waals surface area contributed by atoms with Gasteiger partial charge in [-0.2, -0.15) is 4.98 Å². The third-order valence-corrected chi connectivity index (χ3v) is 3.57. The van der Waals surface area contributed by atoms with E-state index in [4.69, 9.17) is 28.3 Å². The molecule has 0 saturated heterocycles. The van der Waals surface area contributed by atoms with Gasteiger partial charge in [-0.05, 0) is 30.3 Å². The molecule has 0 aliphatic heterocycles. The average molecular weight is 363 g/mol. The number of para-hydroxylation sites is 1. The van der Waals surface area contributed by atoms with Crippen molar-refractivity contribution in [3.8, 4) is 0 Å². The van der Waals surface area contributed by atoms with Crippen molar-refractivity contribution in [2.24, 2.45) is 0 Å². The Hall–Kier alpha value is -2.57. The molecule has 2 aromatic carbocycles. The first kappa shape index (κ1) is 16.3. The molecule has 3 rings (SSSR count). The number of hydrogen-bond acceptors (Lipinski definition) is 5. The Labute approximate surface area is 147 Å². The summed E-state index contributed by atoms with van der Waals surface area (Å²) in [7, 11) is 0. The van der Waals surface area contributed by atoms with Gasteiger partial charge in [-0.1, -0.05) is 35.3 Å². The number of carboxylic acid groups (broad SMARTS) is 1. The highest BCUT2D eigenvalue weighted by Gasteiger charge is 2.09. The van der Waals surface area contributed by atoms with Crippen LogP contribution < -0.4 is 10.6 Å². The summed E-state index contributed by atoms with van der Waals surface area (Å²) in [6.07, 6.45) is 0. The maximum Gasteiger partial charge on any atom is 0.322 e. The summed E-state index contributed by atoms with van der Waals surface area (Å²) < 4.78 is 0. The largest absolute Gasteiger partial charge is 0.480 e. The molecule has 8 heteroatoms. The van der Waals surface area contributed by atoms with Gasteiger partial charge < -0.3 is 15.7 Å². The zero-order valence-electron chi connectivity index (χ0n) is 12.3. The number of nitrogens with one attached hydrogen (secondary N) is 2. The first-order chi connectivity index (χ1) is 11.5. The van der Waals surface area contributed by atoms with Gasteiger partial charge in [0, 0.05) is 21.1 Å². The summed E-state index contributed by atoms with van der Waals surface area (Å²) in [6.45, 7) is -0.247. The van der Waals surface area contributed by atoms with Crippen LogP contribution in [0.15, 0.2) is 42.5 Å². The predicted molar refractivity (Wildman–Crippen MR) is 95.4 cm³/mol. The van der Waals surface area contributed by atoms with Gasteiger partial charge in [0.1, 0.15) is 12.4 Å². The summed E-state index contributed by atoms with van der Waals surface area (Å²) in [6, 6.07) is 12.3. The van der Waals surface area contributed by atoms with Crippen LogP contribution >= 0.6 is 23.2 Å². The van der Waals surface area contributed by atoms with E-state index in [2.05, 4.69) is 20.6 Å². The van der Waals surface area contributed by atoms with Crippen LogP contribution in [0.3, 0.4) is 0 Å². The van der Waals surface area contributed by atoms with E-state index < -0.39 is 5.97 Å². The van der Waals surface area contributed by atoms with Gasteiger partial charge >= 0.3 is 5.97 Å². The Balaban J connectivity index is 1.99. The number of aromatic nitrogens is 2. The molecule has 6 nitrogen and oxygen atoms in total. The van der Waals surface area contributed by atoms with Crippen molar-refractivity contribution >= 4 is 57.5 Å².